The average molecular weight is 440 g/mol. The maximum absolute atomic E-state index is 9.19. The van der Waals surface area contributed by atoms with Crippen molar-refractivity contribution in [3.05, 3.63) is 124 Å². The smallest absolute Gasteiger partial charge is 0.537 e. The van der Waals surface area contributed by atoms with Crippen molar-refractivity contribution >= 4 is 23.6 Å². The van der Waals surface area contributed by atoms with E-state index in [0.29, 0.717) is 5.75 Å². The molecule has 0 bridgehead atoms. The zero-order chi connectivity index (χ0) is 19.8. The maximum atomic E-state index is 9.19. The molecule has 1 N–H and O–H groups in total. The molecule has 0 unspecified atom stereocenters. The Labute approximate surface area is 179 Å². The third kappa shape index (κ3) is 2.75. The summed E-state index contributed by atoms with van der Waals surface area (Å²) in [7, 11) is 0.729. The van der Waals surface area contributed by atoms with Gasteiger partial charge in [-0.2, -0.15) is 0 Å². The minimum atomic E-state index is -0.480. The highest BCUT2D eigenvalue weighted by atomic mass is 79.9. The van der Waals surface area contributed by atoms with Gasteiger partial charge in [-0.1, -0.05) is 88.7 Å². The van der Waals surface area contributed by atoms with Crippen molar-refractivity contribution in [1.82, 2.24) is 0 Å². The normalized spacial score (nSPS) is 13.4. The second-order valence-corrected chi connectivity index (χ2v) is 8.02. The molecule has 4 aromatic rings. The van der Waals surface area contributed by atoms with Crippen molar-refractivity contribution in [2.24, 2.45) is 0 Å². The molecule has 0 heterocycles. The summed E-state index contributed by atoms with van der Waals surface area (Å²) in [6, 6.07) is 33.6. The molecule has 0 atom stereocenters. The van der Waals surface area contributed by atoms with E-state index in [-0.39, 0.29) is 0 Å². The van der Waals surface area contributed by atoms with E-state index in [9.17, 15) is 5.02 Å². The predicted octanol–water partition coefficient (Wildman–Crippen LogP) is 5.72. The Balaban J connectivity index is 1.94. The van der Waals surface area contributed by atoms with Crippen molar-refractivity contribution in [3.8, 4) is 16.9 Å². The van der Waals surface area contributed by atoms with Crippen LogP contribution in [0.5, 0.6) is 5.75 Å². The molecule has 1 radical (unpaired) electrons. The molecule has 0 fully saturated rings. The highest BCUT2D eigenvalue weighted by Crippen LogP contribution is 2.57. The first-order valence-electron chi connectivity index (χ1n) is 9.43. The molecule has 1 aliphatic rings. The van der Waals surface area contributed by atoms with Gasteiger partial charge in [-0.25, -0.2) is 0 Å². The largest absolute Gasteiger partial charge is 0.569 e. The monoisotopic (exact) mass is 439 g/mol. The highest BCUT2D eigenvalue weighted by molar-refractivity contribution is 9.10. The average Bonchev–Trinajstić information content (AvgIpc) is 3.05. The van der Waals surface area contributed by atoms with E-state index in [0.717, 1.165) is 17.7 Å². The van der Waals surface area contributed by atoms with Gasteiger partial charge in [0.15, 0.2) is 0 Å². The van der Waals surface area contributed by atoms with Gasteiger partial charge in [0.05, 0.1) is 5.41 Å². The van der Waals surface area contributed by atoms with Crippen LogP contribution in [0.15, 0.2) is 102 Å². The fourth-order valence-corrected chi connectivity index (χ4v) is 4.94. The Morgan fingerprint density at radius 1 is 0.690 bits per heavy atom. The molecule has 0 saturated carbocycles. The number of hydrogen-bond donors (Lipinski definition) is 1. The molecule has 0 aliphatic heterocycles. The molecular formula is C25H17BBrO2. The Kier molecular flexibility index (Phi) is 4.54. The lowest BCUT2D eigenvalue weighted by Crippen LogP contribution is -2.28. The minimum Gasteiger partial charge on any atom is -0.537 e. The van der Waals surface area contributed by atoms with E-state index in [1.54, 1.807) is 0 Å². The second-order valence-electron chi connectivity index (χ2n) is 7.10. The topological polar surface area (TPSA) is 29.5 Å². The SMILES string of the molecule is O[B]Oc1ccc2c(c1)C(c1ccccc1)(c1ccccc1)c1cc(Br)ccc1-2. The first-order chi connectivity index (χ1) is 14.2. The first-order valence-corrected chi connectivity index (χ1v) is 10.2. The summed E-state index contributed by atoms with van der Waals surface area (Å²) in [5.74, 6) is 0.606. The van der Waals surface area contributed by atoms with Crippen molar-refractivity contribution in [3.63, 3.8) is 0 Å². The molecule has 0 spiro atoms. The van der Waals surface area contributed by atoms with Gasteiger partial charge in [-0.3, -0.25) is 0 Å². The van der Waals surface area contributed by atoms with Crippen molar-refractivity contribution in [2.45, 2.75) is 5.41 Å². The number of hydrogen-bond acceptors (Lipinski definition) is 2. The van der Waals surface area contributed by atoms with Crippen molar-refractivity contribution in [1.29, 1.82) is 0 Å². The first kappa shape index (κ1) is 18.2. The van der Waals surface area contributed by atoms with E-state index < -0.39 is 5.41 Å². The number of fused-ring (bicyclic) bond motifs is 3. The highest BCUT2D eigenvalue weighted by Gasteiger charge is 2.46. The van der Waals surface area contributed by atoms with Crippen LogP contribution in [0.3, 0.4) is 0 Å². The summed E-state index contributed by atoms with van der Waals surface area (Å²) < 4.78 is 6.38. The zero-order valence-corrected chi connectivity index (χ0v) is 17.1. The summed E-state index contributed by atoms with van der Waals surface area (Å²) in [5.41, 5.74) is 6.64. The van der Waals surface area contributed by atoms with Gasteiger partial charge in [0.2, 0.25) is 0 Å². The second kappa shape index (κ2) is 7.22. The predicted molar refractivity (Wildman–Crippen MR) is 120 cm³/mol. The Morgan fingerprint density at radius 2 is 1.24 bits per heavy atom. The van der Waals surface area contributed by atoms with Crippen LogP contribution in [0.4, 0.5) is 0 Å². The molecule has 2 nitrogen and oxygen atoms in total. The fraction of sp³-hybridized carbons (Fsp3) is 0.0400. The lowest BCUT2D eigenvalue weighted by molar-refractivity contribution is 0.453. The van der Waals surface area contributed by atoms with Gasteiger partial charge < -0.3 is 9.68 Å². The molecule has 5 rings (SSSR count). The molecule has 0 aromatic heterocycles. The van der Waals surface area contributed by atoms with Crippen LogP contribution < -0.4 is 4.65 Å². The Morgan fingerprint density at radius 3 is 1.83 bits per heavy atom. The molecule has 0 saturated heterocycles. The van der Waals surface area contributed by atoms with Crippen LogP contribution in [-0.2, 0) is 5.41 Å². The van der Waals surface area contributed by atoms with Crippen LogP contribution in [-0.4, -0.2) is 12.7 Å². The maximum Gasteiger partial charge on any atom is 0.569 e. The standard InChI is InChI=1S/C25H17BBrO2/c27-19-11-13-21-22-14-12-20(29-26-28)16-24(22)25(23(21)15-19,17-7-3-1-4-8-17)18-9-5-2-6-10-18/h1-16,28H. The van der Waals surface area contributed by atoms with E-state index in [2.05, 4.69) is 88.7 Å². The number of rotatable bonds is 4. The number of benzene rings is 4. The molecule has 4 heteroatoms. The van der Waals surface area contributed by atoms with E-state index >= 15 is 0 Å². The quantitative estimate of drug-likeness (QED) is 0.363. The van der Waals surface area contributed by atoms with Gasteiger partial charge >= 0.3 is 7.69 Å². The molecule has 4 aromatic carbocycles. The molecule has 1 aliphatic carbocycles. The molecule has 0 amide bonds. The summed E-state index contributed by atoms with van der Waals surface area (Å²) in [6.45, 7) is 0. The molecule has 139 valence electrons. The van der Waals surface area contributed by atoms with Gasteiger partial charge in [-0.05, 0) is 57.6 Å². The van der Waals surface area contributed by atoms with E-state index in [1.165, 1.54) is 27.8 Å². The van der Waals surface area contributed by atoms with Gasteiger partial charge in [0, 0.05) is 4.47 Å². The molecular weight excluding hydrogens is 423 g/mol. The van der Waals surface area contributed by atoms with Crippen LogP contribution >= 0.6 is 15.9 Å². The third-order valence-electron chi connectivity index (χ3n) is 5.67. The lowest BCUT2D eigenvalue weighted by Gasteiger charge is -2.34. The van der Waals surface area contributed by atoms with E-state index in [4.69, 9.17) is 4.65 Å². The van der Waals surface area contributed by atoms with Crippen LogP contribution in [0.1, 0.15) is 22.3 Å². The minimum absolute atomic E-state index is 0.480. The Bertz CT molecular complexity index is 1140. The summed E-state index contributed by atoms with van der Waals surface area (Å²) in [5, 5.41) is 9.19. The van der Waals surface area contributed by atoms with E-state index in [1.807, 2.05) is 24.3 Å². The summed E-state index contributed by atoms with van der Waals surface area (Å²) in [4.78, 5) is 0. The van der Waals surface area contributed by atoms with Gasteiger partial charge in [-0.15, -0.1) is 0 Å². The zero-order valence-electron chi connectivity index (χ0n) is 15.5. The van der Waals surface area contributed by atoms with Crippen LogP contribution in [0.25, 0.3) is 11.1 Å². The van der Waals surface area contributed by atoms with Gasteiger partial charge in [0.1, 0.15) is 5.75 Å². The summed E-state index contributed by atoms with van der Waals surface area (Å²) >= 11 is 3.68. The third-order valence-corrected chi connectivity index (χ3v) is 6.17. The van der Waals surface area contributed by atoms with Crippen molar-refractivity contribution < 1.29 is 9.68 Å². The van der Waals surface area contributed by atoms with Crippen LogP contribution in [0, 0.1) is 0 Å². The number of halogens is 1. The molecule has 29 heavy (non-hydrogen) atoms. The Hall–Kier alpha value is -2.82. The fourth-order valence-electron chi connectivity index (χ4n) is 4.57. The van der Waals surface area contributed by atoms with Crippen molar-refractivity contribution in [2.75, 3.05) is 0 Å². The lowest BCUT2D eigenvalue weighted by atomic mass is 9.68. The van der Waals surface area contributed by atoms with Gasteiger partial charge in [0.25, 0.3) is 0 Å². The van der Waals surface area contributed by atoms with Crippen LogP contribution in [0.2, 0.25) is 0 Å². The summed E-state index contributed by atoms with van der Waals surface area (Å²) in [6.07, 6.45) is 0.